The van der Waals surface area contributed by atoms with Crippen molar-refractivity contribution in [2.75, 3.05) is 0 Å². The van der Waals surface area contributed by atoms with Crippen molar-refractivity contribution in [2.45, 2.75) is 37.8 Å². The molecule has 14 heavy (non-hydrogen) atoms. The highest BCUT2D eigenvalue weighted by Crippen LogP contribution is 2.14. The van der Waals surface area contributed by atoms with E-state index in [1.807, 2.05) is 36.4 Å². The molecule has 0 heterocycles. The van der Waals surface area contributed by atoms with E-state index in [-0.39, 0.29) is 12.1 Å². The molecule has 2 nitrogen and oxygen atoms in total. The van der Waals surface area contributed by atoms with E-state index in [2.05, 4.69) is 0 Å². The fourth-order valence-corrected chi connectivity index (χ4v) is 1.57. The summed E-state index contributed by atoms with van der Waals surface area (Å²) in [6.45, 7) is 0. The van der Waals surface area contributed by atoms with Crippen LogP contribution in [0.4, 0.5) is 0 Å². The Morgan fingerprint density at radius 2 is 0.929 bits per heavy atom. The number of hydrogen-bond acceptors (Lipinski definition) is 2. The van der Waals surface area contributed by atoms with Crippen LogP contribution in [0.2, 0.25) is 0 Å². The molecule has 78 valence electrons. The molecule has 1 aliphatic rings. The highest BCUT2D eigenvalue weighted by Gasteiger charge is 2.16. The van der Waals surface area contributed by atoms with Gasteiger partial charge < -0.3 is 11.5 Å². The monoisotopic (exact) mass is 192 g/mol. The normalized spacial score (nSPS) is 26.1. The van der Waals surface area contributed by atoms with Crippen molar-refractivity contribution < 1.29 is 0 Å². The van der Waals surface area contributed by atoms with Crippen LogP contribution in [0.5, 0.6) is 0 Å². The summed E-state index contributed by atoms with van der Waals surface area (Å²) >= 11 is 0. The zero-order chi connectivity index (χ0) is 10.2. The van der Waals surface area contributed by atoms with Gasteiger partial charge in [0, 0.05) is 12.1 Å². The van der Waals surface area contributed by atoms with Gasteiger partial charge in [-0.25, -0.2) is 0 Å². The summed E-state index contributed by atoms with van der Waals surface area (Å²) in [7, 11) is 0. The number of hydrogen-bond donors (Lipinski definition) is 2. The Morgan fingerprint density at radius 1 is 0.643 bits per heavy atom. The van der Waals surface area contributed by atoms with Crippen LogP contribution in [-0.2, 0) is 0 Å². The van der Waals surface area contributed by atoms with Crippen molar-refractivity contribution in [1.82, 2.24) is 0 Å². The van der Waals surface area contributed by atoms with E-state index < -0.39 is 0 Å². The lowest BCUT2D eigenvalue weighted by Crippen LogP contribution is -2.43. The van der Waals surface area contributed by atoms with E-state index in [9.17, 15) is 0 Å². The minimum Gasteiger partial charge on any atom is -0.326 e. The molecule has 2 rings (SSSR count). The summed E-state index contributed by atoms with van der Waals surface area (Å²) in [5, 5.41) is 0. The smallest absolute Gasteiger partial charge is 0.0192 e. The van der Waals surface area contributed by atoms with Crippen LogP contribution in [0.15, 0.2) is 36.4 Å². The molecule has 1 aliphatic carbocycles. The molecule has 1 aromatic carbocycles. The Hall–Kier alpha value is -0.860. The van der Waals surface area contributed by atoms with Crippen LogP contribution in [0.25, 0.3) is 0 Å². The van der Waals surface area contributed by atoms with Gasteiger partial charge in [0.25, 0.3) is 0 Å². The predicted molar refractivity (Wildman–Crippen MR) is 60.9 cm³/mol. The number of nitrogens with two attached hydrogens (primary N) is 2. The minimum absolute atomic E-state index is 0.281. The molecule has 0 spiro atoms. The van der Waals surface area contributed by atoms with Crippen molar-refractivity contribution in [1.29, 1.82) is 0 Å². The van der Waals surface area contributed by atoms with Crippen LogP contribution < -0.4 is 11.5 Å². The largest absolute Gasteiger partial charge is 0.326 e. The van der Waals surface area contributed by atoms with Crippen LogP contribution in [0, 0.1) is 0 Å². The average Bonchev–Trinajstić information content (AvgIpc) is 2.26. The Morgan fingerprint density at radius 3 is 1.14 bits per heavy atom. The Kier molecular flexibility index (Phi) is 5.27. The molecule has 2 atom stereocenters. The quantitative estimate of drug-likeness (QED) is 0.659. The van der Waals surface area contributed by atoms with Crippen molar-refractivity contribution >= 4 is 0 Å². The van der Waals surface area contributed by atoms with E-state index in [1.165, 1.54) is 12.8 Å². The lowest BCUT2D eigenvalue weighted by molar-refractivity contribution is 0.385. The minimum atomic E-state index is 0.281. The summed E-state index contributed by atoms with van der Waals surface area (Å²) in [5.74, 6) is 0. The third kappa shape index (κ3) is 4.40. The van der Waals surface area contributed by atoms with Gasteiger partial charge in [-0.15, -0.1) is 0 Å². The molecule has 0 bridgehead atoms. The van der Waals surface area contributed by atoms with Gasteiger partial charge in [-0.1, -0.05) is 49.2 Å². The first kappa shape index (κ1) is 11.2. The van der Waals surface area contributed by atoms with E-state index in [0.29, 0.717) is 0 Å². The average molecular weight is 192 g/mol. The SMILES string of the molecule is N[C@@H]1CCCC[C@H]1N.c1ccccc1. The van der Waals surface area contributed by atoms with Gasteiger partial charge >= 0.3 is 0 Å². The van der Waals surface area contributed by atoms with Gasteiger partial charge in [0.05, 0.1) is 0 Å². The molecule has 1 aromatic rings. The van der Waals surface area contributed by atoms with Crippen molar-refractivity contribution in [2.24, 2.45) is 11.5 Å². The molecule has 4 N–H and O–H groups in total. The maximum absolute atomic E-state index is 5.65. The zero-order valence-electron chi connectivity index (χ0n) is 8.60. The van der Waals surface area contributed by atoms with E-state index in [4.69, 9.17) is 11.5 Å². The van der Waals surface area contributed by atoms with E-state index in [1.54, 1.807) is 0 Å². The molecular weight excluding hydrogens is 172 g/mol. The third-order valence-electron chi connectivity index (χ3n) is 2.54. The van der Waals surface area contributed by atoms with Crippen LogP contribution in [0.1, 0.15) is 25.7 Å². The molecule has 1 fully saturated rings. The predicted octanol–water partition coefficient (Wildman–Crippen LogP) is 1.90. The van der Waals surface area contributed by atoms with Crippen molar-refractivity contribution in [3.05, 3.63) is 36.4 Å². The fraction of sp³-hybridized carbons (Fsp3) is 0.500. The standard InChI is InChI=1S/C6H14N2.C6H6/c7-5-3-1-2-4-6(5)8;1-2-4-6-5-3-1/h5-6H,1-4,7-8H2;1-6H/t5-,6-;/m1./s1. The van der Waals surface area contributed by atoms with Gasteiger partial charge in [-0.2, -0.15) is 0 Å². The maximum atomic E-state index is 5.65. The Balaban J connectivity index is 0.000000146. The van der Waals surface area contributed by atoms with Crippen LogP contribution >= 0.6 is 0 Å². The fourth-order valence-electron chi connectivity index (χ4n) is 1.57. The summed E-state index contributed by atoms with van der Waals surface area (Å²) in [6, 6.07) is 12.6. The van der Waals surface area contributed by atoms with Gasteiger partial charge in [-0.3, -0.25) is 0 Å². The Labute approximate surface area is 86.3 Å². The molecule has 0 radical (unpaired) electrons. The van der Waals surface area contributed by atoms with Crippen molar-refractivity contribution in [3.8, 4) is 0 Å². The van der Waals surface area contributed by atoms with Crippen LogP contribution in [0.3, 0.4) is 0 Å². The number of benzene rings is 1. The lowest BCUT2D eigenvalue weighted by Gasteiger charge is -2.24. The van der Waals surface area contributed by atoms with Gasteiger partial charge in [0.1, 0.15) is 0 Å². The second-order valence-corrected chi connectivity index (χ2v) is 3.77. The van der Waals surface area contributed by atoms with Crippen LogP contribution in [-0.4, -0.2) is 12.1 Å². The highest BCUT2D eigenvalue weighted by molar-refractivity contribution is 4.99. The van der Waals surface area contributed by atoms with Gasteiger partial charge in [-0.05, 0) is 12.8 Å². The maximum Gasteiger partial charge on any atom is 0.0192 e. The van der Waals surface area contributed by atoms with Crippen molar-refractivity contribution in [3.63, 3.8) is 0 Å². The summed E-state index contributed by atoms with van der Waals surface area (Å²) in [5.41, 5.74) is 11.3. The van der Waals surface area contributed by atoms with Gasteiger partial charge in [0.2, 0.25) is 0 Å². The second kappa shape index (κ2) is 6.57. The van der Waals surface area contributed by atoms with Gasteiger partial charge in [0.15, 0.2) is 0 Å². The first-order valence-corrected chi connectivity index (χ1v) is 5.32. The zero-order valence-corrected chi connectivity index (χ0v) is 8.60. The topological polar surface area (TPSA) is 52.0 Å². The third-order valence-corrected chi connectivity index (χ3v) is 2.54. The lowest BCUT2D eigenvalue weighted by atomic mass is 9.92. The van der Waals surface area contributed by atoms with E-state index in [0.717, 1.165) is 12.8 Å². The molecule has 0 amide bonds. The molecular formula is C12H20N2. The molecule has 2 heteroatoms. The molecule has 0 aromatic heterocycles. The molecule has 0 saturated heterocycles. The Bertz CT molecular complexity index is 186. The van der Waals surface area contributed by atoms with E-state index >= 15 is 0 Å². The number of rotatable bonds is 0. The first-order chi connectivity index (χ1) is 6.80. The molecule has 0 aliphatic heterocycles. The summed E-state index contributed by atoms with van der Waals surface area (Å²) in [4.78, 5) is 0. The highest BCUT2D eigenvalue weighted by atomic mass is 14.8. The summed E-state index contributed by atoms with van der Waals surface area (Å²) in [6.07, 6.45) is 4.80. The molecule has 0 unspecified atom stereocenters. The first-order valence-electron chi connectivity index (χ1n) is 5.32. The second-order valence-electron chi connectivity index (χ2n) is 3.77. The molecule has 1 saturated carbocycles. The summed E-state index contributed by atoms with van der Waals surface area (Å²) < 4.78 is 0.